The molecule has 0 radical (unpaired) electrons. The number of hydrogen-bond acceptors (Lipinski definition) is 5. The van der Waals surface area contributed by atoms with Gasteiger partial charge in [-0.2, -0.15) is 0 Å². The van der Waals surface area contributed by atoms with E-state index in [9.17, 15) is 9.59 Å². The van der Waals surface area contributed by atoms with E-state index in [0.717, 1.165) is 24.1 Å². The second kappa shape index (κ2) is 11.8. The Morgan fingerprint density at radius 1 is 1.05 bits per heavy atom. The maximum Gasteiger partial charge on any atom is 0.258 e. The van der Waals surface area contributed by atoms with E-state index in [1.807, 2.05) is 54.6 Å². The van der Waals surface area contributed by atoms with Crippen LogP contribution in [-0.2, 0) is 16.8 Å². The lowest BCUT2D eigenvalue weighted by molar-refractivity contribution is -0.123. The van der Waals surface area contributed by atoms with E-state index >= 15 is 0 Å². The Labute approximate surface area is 217 Å². The van der Waals surface area contributed by atoms with Gasteiger partial charge in [-0.15, -0.1) is 6.58 Å². The number of unbranched alkanes of at least 4 members (excludes halogenated alkanes) is 1. The summed E-state index contributed by atoms with van der Waals surface area (Å²) < 4.78 is 11.4. The van der Waals surface area contributed by atoms with Crippen LogP contribution in [-0.4, -0.2) is 38.6 Å². The number of amides is 2. The summed E-state index contributed by atoms with van der Waals surface area (Å²) >= 11 is 0. The van der Waals surface area contributed by atoms with Crippen molar-refractivity contribution in [2.24, 2.45) is 5.73 Å². The summed E-state index contributed by atoms with van der Waals surface area (Å²) in [6.45, 7) is 4.70. The Hall–Kier alpha value is -4.10. The average molecular weight is 500 g/mol. The lowest BCUT2D eigenvalue weighted by Crippen LogP contribution is -2.57. The molecule has 1 unspecified atom stereocenters. The average Bonchev–Trinajstić information content (AvgIpc) is 3.17. The van der Waals surface area contributed by atoms with Crippen molar-refractivity contribution >= 4 is 17.5 Å². The third-order valence-corrected chi connectivity index (χ3v) is 6.58. The molecule has 0 fully saturated rings. The van der Waals surface area contributed by atoms with E-state index in [1.165, 1.54) is 0 Å². The molecular weight excluding hydrogens is 466 g/mol. The van der Waals surface area contributed by atoms with Gasteiger partial charge in [-0.3, -0.25) is 9.59 Å². The van der Waals surface area contributed by atoms with Gasteiger partial charge in [-0.05, 0) is 55.2 Å². The zero-order chi connectivity index (χ0) is 26.3. The second-order valence-corrected chi connectivity index (χ2v) is 8.94. The smallest absolute Gasteiger partial charge is 0.258 e. The van der Waals surface area contributed by atoms with Crippen LogP contribution < -0.4 is 25.4 Å². The van der Waals surface area contributed by atoms with Crippen LogP contribution >= 0.6 is 0 Å². The van der Waals surface area contributed by atoms with Crippen LogP contribution in [0.25, 0.3) is 0 Å². The number of hydrogen-bond donors (Lipinski definition) is 2. The molecule has 4 rings (SSSR count). The number of carbonyl (C=O) groups excluding carboxylic acids is 2. The minimum absolute atomic E-state index is 0.0390. The number of ether oxygens (including phenoxy) is 2. The van der Waals surface area contributed by atoms with Crippen molar-refractivity contribution in [3.8, 4) is 11.5 Å². The van der Waals surface area contributed by atoms with E-state index in [0.29, 0.717) is 42.2 Å². The van der Waals surface area contributed by atoms with Crippen LogP contribution in [0, 0.1) is 0 Å². The highest BCUT2D eigenvalue weighted by Gasteiger charge is 2.50. The summed E-state index contributed by atoms with van der Waals surface area (Å²) in [7, 11) is 1.62. The Balaban J connectivity index is 1.41. The Morgan fingerprint density at radius 3 is 2.54 bits per heavy atom. The summed E-state index contributed by atoms with van der Waals surface area (Å²) in [5.41, 5.74) is 7.92. The third kappa shape index (κ3) is 5.37. The van der Waals surface area contributed by atoms with Crippen LogP contribution in [0.15, 0.2) is 85.5 Å². The van der Waals surface area contributed by atoms with E-state index < -0.39 is 5.54 Å². The Bertz CT molecular complexity index is 1260. The highest BCUT2D eigenvalue weighted by Crippen LogP contribution is 2.40. The standard InChI is InChI=1S/C30H33N3O4/c1-3-11-22-16-17-26(27(20-22)36-2)37-19-10-9-18-33-25-15-8-7-14-24(25)30(21-31,29(33)35)32-28(34)23-12-5-4-6-13-23/h3-8,12-17,20H,1,9-11,18-19,21,31H2,2H3,(H,32,34). The number of fused-ring (bicyclic) bond motifs is 1. The van der Waals surface area contributed by atoms with Crippen molar-refractivity contribution < 1.29 is 19.1 Å². The van der Waals surface area contributed by atoms with E-state index in [-0.39, 0.29) is 18.4 Å². The predicted molar refractivity (Wildman–Crippen MR) is 145 cm³/mol. The van der Waals surface area contributed by atoms with E-state index in [4.69, 9.17) is 15.2 Å². The molecule has 1 aliphatic heterocycles. The molecule has 37 heavy (non-hydrogen) atoms. The third-order valence-electron chi connectivity index (χ3n) is 6.58. The van der Waals surface area contributed by atoms with Gasteiger partial charge in [0, 0.05) is 29.9 Å². The van der Waals surface area contributed by atoms with E-state index in [2.05, 4.69) is 11.9 Å². The molecule has 0 aliphatic carbocycles. The van der Waals surface area contributed by atoms with Crippen LogP contribution in [0.5, 0.6) is 11.5 Å². The van der Waals surface area contributed by atoms with Gasteiger partial charge in [0.1, 0.15) is 0 Å². The minimum Gasteiger partial charge on any atom is -0.493 e. The van der Waals surface area contributed by atoms with Gasteiger partial charge in [0.2, 0.25) is 0 Å². The first-order valence-electron chi connectivity index (χ1n) is 12.4. The lowest BCUT2D eigenvalue weighted by Gasteiger charge is -2.28. The summed E-state index contributed by atoms with van der Waals surface area (Å²) in [4.78, 5) is 28.4. The molecule has 1 heterocycles. The fourth-order valence-corrected chi connectivity index (χ4v) is 4.65. The number of nitrogens with zero attached hydrogens (tertiary/aromatic N) is 1. The van der Waals surface area contributed by atoms with Crippen LogP contribution in [0.2, 0.25) is 0 Å². The zero-order valence-electron chi connectivity index (χ0n) is 21.1. The van der Waals surface area contributed by atoms with Crippen LogP contribution in [0.3, 0.4) is 0 Å². The number of carbonyl (C=O) groups is 2. The first-order chi connectivity index (χ1) is 18.0. The summed E-state index contributed by atoms with van der Waals surface area (Å²) in [6.07, 6.45) is 4.05. The summed E-state index contributed by atoms with van der Waals surface area (Å²) in [5.74, 6) is 0.812. The number of methoxy groups -OCH3 is 1. The second-order valence-electron chi connectivity index (χ2n) is 8.94. The SMILES string of the molecule is C=CCc1ccc(OCCCCN2C(=O)C(CN)(NC(=O)c3ccccc3)c3ccccc32)c(OC)c1. The molecule has 0 saturated carbocycles. The number of nitrogens with one attached hydrogen (secondary N) is 1. The number of allylic oxidation sites excluding steroid dienone is 1. The summed E-state index contributed by atoms with van der Waals surface area (Å²) in [6, 6.07) is 22.2. The number of nitrogens with two attached hydrogens (primary N) is 1. The summed E-state index contributed by atoms with van der Waals surface area (Å²) in [5, 5.41) is 2.94. The predicted octanol–water partition coefficient (Wildman–Crippen LogP) is 4.21. The van der Waals surface area contributed by atoms with Gasteiger partial charge in [0.25, 0.3) is 11.8 Å². The quantitative estimate of drug-likeness (QED) is 0.288. The molecule has 0 saturated heterocycles. The molecule has 7 heteroatoms. The Kier molecular flexibility index (Phi) is 8.25. The molecular formula is C30H33N3O4. The highest BCUT2D eigenvalue weighted by atomic mass is 16.5. The molecule has 7 nitrogen and oxygen atoms in total. The number of rotatable bonds is 12. The fourth-order valence-electron chi connectivity index (χ4n) is 4.65. The first-order valence-corrected chi connectivity index (χ1v) is 12.4. The number of para-hydroxylation sites is 1. The van der Waals surface area contributed by atoms with Gasteiger partial charge in [0.05, 0.1) is 13.7 Å². The maximum absolute atomic E-state index is 13.7. The largest absolute Gasteiger partial charge is 0.493 e. The Morgan fingerprint density at radius 2 is 1.81 bits per heavy atom. The molecule has 3 N–H and O–H groups in total. The molecule has 1 atom stereocenters. The fraction of sp³-hybridized carbons (Fsp3) is 0.267. The first kappa shape index (κ1) is 26.0. The van der Waals surface area contributed by atoms with Crippen LogP contribution in [0.4, 0.5) is 5.69 Å². The van der Waals surface area contributed by atoms with Crippen molar-refractivity contribution in [3.05, 3.63) is 102 Å². The lowest BCUT2D eigenvalue weighted by atomic mass is 9.91. The van der Waals surface area contributed by atoms with Gasteiger partial charge in [-0.25, -0.2) is 0 Å². The van der Waals surface area contributed by atoms with Crippen molar-refractivity contribution in [2.75, 3.05) is 31.7 Å². The molecule has 0 spiro atoms. The van der Waals surface area contributed by atoms with Gasteiger partial charge in [-0.1, -0.05) is 48.5 Å². The molecule has 1 aliphatic rings. The molecule has 3 aromatic rings. The minimum atomic E-state index is -1.30. The molecule has 192 valence electrons. The number of anilines is 1. The highest BCUT2D eigenvalue weighted by molar-refractivity contribution is 6.11. The van der Waals surface area contributed by atoms with Crippen molar-refractivity contribution in [3.63, 3.8) is 0 Å². The van der Waals surface area contributed by atoms with Gasteiger partial charge in [0.15, 0.2) is 17.0 Å². The van der Waals surface area contributed by atoms with Crippen LogP contribution in [0.1, 0.15) is 34.3 Å². The van der Waals surface area contributed by atoms with Gasteiger partial charge < -0.3 is 25.4 Å². The van der Waals surface area contributed by atoms with Crippen molar-refractivity contribution in [1.29, 1.82) is 0 Å². The molecule has 0 aromatic heterocycles. The van der Waals surface area contributed by atoms with E-state index in [1.54, 1.807) is 36.3 Å². The zero-order valence-corrected chi connectivity index (χ0v) is 21.1. The normalized spacial score (nSPS) is 16.3. The topological polar surface area (TPSA) is 93.9 Å². The molecule has 2 amide bonds. The van der Waals surface area contributed by atoms with Gasteiger partial charge >= 0.3 is 0 Å². The monoisotopic (exact) mass is 499 g/mol. The number of benzene rings is 3. The maximum atomic E-state index is 13.7. The van der Waals surface area contributed by atoms with Crippen molar-refractivity contribution in [2.45, 2.75) is 24.8 Å². The molecule has 0 bridgehead atoms. The molecule has 3 aromatic carbocycles. The van der Waals surface area contributed by atoms with Crippen molar-refractivity contribution in [1.82, 2.24) is 5.32 Å².